The van der Waals surface area contributed by atoms with Crippen molar-refractivity contribution in [3.8, 4) is 0 Å². The average molecular weight is 269 g/mol. The lowest BCUT2D eigenvalue weighted by Gasteiger charge is -2.10. The summed E-state index contributed by atoms with van der Waals surface area (Å²) >= 11 is 6.42. The van der Waals surface area contributed by atoms with Crippen molar-refractivity contribution in [2.45, 2.75) is 11.8 Å². The fourth-order valence-corrected chi connectivity index (χ4v) is 2.51. The van der Waals surface area contributed by atoms with E-state index in [1.807, 2.05) is 12.1 Å². The first-order chi connectivity index (χ1) is 9.34. The van der Waals surface area contributed by atoms with Crippen LogP contribution in [0, 0.1) is 0 Å². The summed E-state index contributed by atoms with van der Waals surface area (Å²) in [6, 6.07) is 16.4. The highest BCUT2D eigenvalue weighted by molar-refractivity contribution is 6.20. The lowest BCUT2D eigenvalue weighted by molar-refractivity contribution is 0.830. The minimum atomic E-state index is -0.202. The van der Waals surface area contributed by atoms with Gasteiger partial charge in [-0.2, -0.15) is 0 Å². The van der Waals surface area contributed by atoms with E-state index >= 15 is 0 Å². The van der Waals surface area contributed by atoms with Crippen molar-refractivity contribution in [2.75, 3.05) is 0 Å². The van der Waals surface area contributed by atoms with E-state index in [0.29, 0.717) is 5.82 Å². The summed E-state index contributed by atoms with van der Waals surface area (Å²) in [5.74, 6) is 0.678. The second kappa shape index (κ2) is 5.37. The van der Waals surface area contributed by atoms with Crippen LogP contribution < -0.4 is 0 Å². The second-order valence-corrected chi connectivity index (χ2v) is 4.94. The highest BCUT2D eigenvalue weighted by Gasteiger charge is 2.12. The van der Waals surface area contributed by atoms with E-state index < -0.39 is 0 Å². The summed E-state index contributed by atoms with van der Waals surface area (Å²) in [7, 11) is 0. The van der Waals surface area contributed by atoms with Crippen LogP contribution in [-0.4, -0.2) is 9.97 Å². The molecule has 3 heteroatoms. The van der Waals surface area contributed by atoms with Crippen LogP contribution in [0.3, 0.4) is 0 Å². The number of fused-ring (bicyclic) bond motifs is 1. The number of nitrogens with zero attached hydrogens (tertiary/aromatic N) is 2. The first-order valence-electron chi connectivity index (χ1n) is 6.22. The van der Waals surface area contributed by atoms with Gasteiger partial charge < -0.3 is 0 Å². The van der Waals surface area contributed by atoms with E-state index in [1.54, 1.807) is 18.5 Å². The van der Waals surface area contributed by atoms with Crippen LogP contribution in [0.4, 0.5) is 0 Å². The quantitative estimate of drug-likeness (QED) is 0.667. The van der Waals surface area contributed by atoms with Crippen molar-refractivity contribution in [1.82, 2.24) is 9.97 Å². The Morgan fingerprint density at radius 2 is 1.63 bits per heavy atom. The maximum atomic E-state index is 6.42. The molecule has 0 fully saturated rings. The Kier molecular flexibility index (Phi) is 3.43. The van der Waals surface area contributed by atoms with Gasteiger partial charge >= 0.3 is 0 Å². The number of hydrogen-bond acceptors (Lipinski definition) is 2. The molecule has 0 amide bonds. The monoisotopic (exact) mass is 268 g/mol. The van der Waals surface area contributed by atoms with Crippen LogP contribution in [-0.2, 0) is 6.42 Å². The molecular formula is C16H13ClN2. The van der Waals surface area contributed by atoms with Gasteiger partial charge in [0.1, 0.15) is 5.82 Å². The van der Waals surface area contributed by atoms with Gasteiger partial charge in [-0.3, -0.25) is 0 Å². The number of alkyl halides is 1. The number of aromatic nitrogens is 2. The molecule has 0 saturated heterocycles. The highest BCUT2D eigenvalue weighted by atomic mass is 35.5. The number of hydrogen-bond donors (Lipinski definition) is 0. The predicted octanol–water partition coefficient (Wildman–Crippen LogP) is 4.15. The Labute approximate surface area is 117 Å². The fourth-order valence-electron chi connectivity index (χ4n) is 2.23. The third-order valence-electron chi connectivity index (χ3n) is 3.14. The zero-order chi connectivity index (χ0) is 13.1. The second-order valence-electron chi connectivity index (χ2n) is 4.42. The summed E-state index contributed by atoms with van der Waals surface area (Å²) in [5.41, 5.74) is 1.23. The summed E-state index contributed by atoms with van der Waals surface area (Å²) in [6.07, 6.45) is 4.18. The molecule has 0 aliphatic carbocycles. The topological polar surface area (TPSA) is 25.8 Å². The van der Waals surface area contributed by atoms with Crippen molar-refractivity contribution in [1.29, 1.82) is 0 Å². The van der Waals surface area contributed by atoms with Crippen molar-refractivity contribution < 1.29 is 0 Å². The van der Waals surface area contributed by atoms with Crippen LogP contribution in [0.2, 0.25) is 0 Å². The zero-order valence-corrected chi connectivity index (χ0v) is 11.1. The Morgan fingerprint density at radius 1 is 0.895 bits per heavy atom. The number of halogens is 1. The molecule has 2 nitrogen and oxygen atoms in total. The summed E-state index contributed by atoms with van der Waals surface area (Å²) in [6.45, 7) is 0. The third kappa shape index (κ3) is 2.59. The number of rotatable bonds is 3. The molecule has 2 aromatic carbocycles. The molecule has 3 rings (SSSR count). The van der Waals surface area contributed by atoms with Gasteiger partial charge in [-0.1, -0.05) is 42.5 Å². The molecule has 0 radical (unpaired) electrons. The van der Waals surface area contributed by atoms with Crippen molar-refractivity contribution in [3.05, 3.63) is 72.3 Å². The van der Waals surface area contributed by atoms with E-state index in [-0.39, 0.29) is 5.38 Å². The van der Waals surface area contributed by atoms with Gasteiger partial charge in [0.25, 0.3) is 0 Å². The minimum absolute atomic E-state index is 0.202. The smallest absolute Gasteiger partial charge is 0.146 e. The Bertz CT molecular complexity index is 677. The molecule has 1 heterocycles. The SMILES string of the molecule is ClC(Cc1cccc2ccccc12)c1ncccn1. The van der Waals surface area contributed by atoms with Crippen molar-refractivity contribution in [2.24, 2.45) is 0 Å². The third-order valence-corrected chi connectivity index (χ3v) is 3.49. The van der Waals surface area contributed by atoms with Gasteiger partial charge in [0.2, 0.25) is 0 Å². The summed E-state index contributed by atoms with van der Waals surface area (Å²) in [5, 5.41) is 2.27. The molecule has 1 aromatic heterocycles. The fraction of sp³-hybridized carbons (Fsp3) is 0.125. The Balaban J connectivity index is 1.94. The molecule has 0 saturated carbocycles. The standard InChI is InChI=1S/C16H13ClN2/c17-15(16-18-9-4-10-19-16)11-13-7-3-6-12-5-1-2-8-14(12)13/h1-10,15H,11H2. The van der Waals surface area contributed by atoms with Crippen molar-refractivity contribution in [3.63, 3.8) is 0 Å². The molecule has 0 bridgehead atoms. The van der Waals surface area contributed by atoms with Crippen LogP contribution in [0.1, 0.15) is 16.8 Å². The molecule has 0 aliphatic rings. The highest BCUT2D eigenvalue weighted by Crippen LogP contribution is 2.26. The van der Waals surface area contributed by atoms with E-state index in [4.69, 9.17) is 11.6 Å². The van der Waals surface area contributed by atoms with Gasteiger partial charge in [-0.05, 0) is 28.8 Å². The summed E-state index contributed by atoms with van der Waals surface area (Å²) < 4.78 is 0. The molecule has 0 aliphatic heterocycles. The molecule has 1 atom stereocenters. The lowest BCUT2D eigenvalue weighted by atomic mass is 10.0. The molecule has 3 aromatic rings. The van der Waals surface area contributed by atoms with Crippen LogP contribution in [0.5, 0.6) is 0 Å². The Morgan fingerprint density at radius 3 is 2.47 bits per heavy atom. The lowest BCUT2D eigenvalue weighted by Crippen LogP contribution is -2.01. The van der Waals surface area contributed by atoms with E-state index in [0.717, 1.165) is 6.42 Å². The van der Waals surface area contributed by atoms with E-state index in [1.165, 1.54) is 16.3 Å². The molecule has 19 heavy (non-hydrogen) atoms. The first kappa shape index (κ1) is 12.1. The van der Waals surface area contributed by atoms with Crippen LogP contribution in [0.15, 0.2) is 60.9 Å². The van der Waals surface area contributed by atoms with Crippen LogP contribution >= 0.6 is 11.6 Å². The van der Waals surface area contributed by atoms with E-state index in [2.05, 4.69) is 40.3 Å². The maximum Gasteiger partial charge on any atom is 0.146 e. The maximum absolute atomic E-state index is 6.42. The number of benzene rings is 2. The average Bonchev–Trinajstić information content (AvgIpc) is 2.48. The minimum Gasteiger partial charge on any atom is -0.240 e. The molecule has 1 unspecified atom stereocenters. The first-order valence-corrected chi connectivity index (χ1v) is 6.66. The van der Waals surface area contributed by atoms with Crippen molar-refractivity contribution >= 4 is 22.4 Å². The zero-order valence-electron chi connectivity index (χ0n) is 10.3. The molecule has 0 spiro atoms. The largest absolute Gasteiger partial charge is 0.240 e. The predicted molar refractivity (Wildman–Crippen MR) is 78.3 cm³/mol. The summed E-state index contributed by atoms with van der Waals surface area (Å²) in [4.78, 5) is 8.42. The van der Waals surface area contributed by atoms with Gasteiger partial charge in [0.15, 0.2) is 0 Å². The van der Waals surface area contributed by atoms with Gasteiger partial charge in [0.05, 0.1) is 5.38 Å². The van der Waals surface area contributed by atoms with Gasteiger partial charge in [-0.15, -0.1) is 11.6 Å². The van der Waals surface area contributed by atoms with Gasteiger partial charge in [-0.25, -0.2) is 9.97 Å². The molecule has 0 N–H and O–H groups in total. The molecule has 94 valence electrons. The normalized spacial score (nSPS) is 12.5. The van der Waals surface area contributed by atoms with Gasteiger partial charge in [0, 0.05) is 12.4 Å². The Hall–Kier alpha value is -1.93. The van der Waals surface area contributed by atoms with E-state index in [9.17, 15) is 0 Å². The van der Waals surface area contributed by atoms with Crippen LogP contribution in [0.25, 0.3) is 10.8 Å². The molecular weight excluding hydrogens is 256 g/mol.